The van der Waals surface area contributed by atoms with Crippen molar-refractivity contribution in [1.29, 1.82) is 0 Å². The molecular weight excluding hydrogens is 228 g/mol. The molecule has 0 amide bonds. The van der Waals surface area contributed by atoms with Crippen molar-refractivity contribution < 1.29 is 29.6 Å². The molecule has 1 fully saturated rings. The van der Waals surface area contributed by atoms with Gasteiger partial charge in [-0.1, -0.05) is 0 Å². The van der Waals surface area contributed by atoms with E-state index in [4.69, 9.17) is 14.9 Å². The summed E-state index contributed by atoms with van der Waals surface area (Å²) in [6.07, 6.45) is -0.235. The Hall–Kier alpha value is -1.14. The van der Waals surface area contributed by atoms with Crippen LogP contribution in [0.2, 0.25) is 0 Å². The van der Waals surface area contributed by atoms with Crippen molar-refractivity contribution >= 4 is 11.9 Å². The fourth-order valence-electron chi connectivity index (χ4n) is 1.97. The minimum absolute atomic E-state index is 0.169. The number of aliphatic hydroxyl groups excluding tert-OH is 2. The van der Waals surface area contributed by atoms with Crippen LogP contribution in [0.1, 0.15) is 26.2 Å². The molecule has 3 N–H and O–H groups in total. The van der Waals surface area contributed by atoms with E-state index in [9.17, 15) is 14.7 Å². The van der Waals surface area contributed by atoms with Gasteiger partial charge in [0.2, 0.25) is 0 Å². The molecule has 1 rings (SSSR count). The number of carboxylic acids is 1. The number of carboxylic acid groups (broad SMARTS) is 1. The van der Waals surface area contributed by atoms with E-state index in [0.717, 1.165) is 0 Å². The van der Waals surface area contributed by atoms with Crippen LogP contribution in [-0.4, -0.2) is 46.6 Å². The minimum atomic E-state index is -1.60. The number of aliphatic hydroxyl groups is 2. The number of hydrogen-bond acceptors (Lipinski definition) is 5. The van der Waals surface area contributed by atoms with Gasteiger partial charge in [0.1, 0.15) is 5.41 Å². The molecule has 1 heterocycles. The topological polar surface area (TPSA) is 104 Å². The number of aliphatic carboxylic acids is 1. The summed E-state index contributed by atoms with van der Waals surface area (Å²) < 4.78 is 4.83. The summed E-state index contributed by atoms with van der Waals surface area (Å²) in [7, 11) is 0. The molecule has 1 saturated heterocycles. The molecule has 3 atom stereocenters. The first kappa shape index (κ1) is 13.9. The number of rotatable bonds is 4. The molecule has 0 aromatic rings. The summed E-state index contributed by atoms with van der Waals surface area (Å²) in [6, 6.07) is 0. The van der Waals surface area contributed by atoms with Crippen LogP contribution in [0.15, 0.2) is 0 Å². The highest BCUT2D eigenvalue weighted by molar-refractivity contribution is 5.75. The molecule has 3 unspecified atom stereocenters. The zero-order chi connectivity index (χ0) is 13.1. The van der Waals surface area contributed by atoms with Crippen LogP contribution >= 0.6 is 0 Å². The fourth-order valence-corrected chi connectivity index (χ4v) is 1.97. The molecule has 1 aliphatic rings. The Morgan fingerprint density at radius 2 is 2.24 bits per heavy atom. The lowest BCUT2D eigenvalue weighted by Crippen LogP contribution is -2.47. The Morgan fingerprint density at radius 1 is 1.59 bits per heavy atom. The standard InChI is InChI=1S/C11H18O6/c1-11(6-12,10(15)16)9(14)7-2-3-8(13)17-5-4-7/h7,9,12,14H,2-6H2,1H3,(H,15,16). The van der Waals surface area contributed by atoms with Crippen LogP contribution in [0.5, 0.6) is 0 Å². The summed E-state index contributed by atoms with van der Waals surface area (Å²) in [5.74, 6) is -1.93. The van der Waals surface area contributed by atoms with Crippen molar-refractivity contribution in [3.63, 3.8) is 0 Å². The summed E-state index contributed by atoms with van der Waals surface area (Å²) in [5.41, 5.74) is -1.60. The highest BCUT2D eigenvalue weighted by atomic mass is 16.5. The van der Waals surface area contributed by atoms with Crippen molar-refractivity contribution in [3.05, 3.63) is 0 Å². The molecule has 17 heavy (non-hydrogen) atoms. The lowest BCUT2D eigenvalue weighted by Gasteiger charge is -2.33. The van der Waals surface area contributed by atoms with Gasteiger partial charge in [0.15, 0.2) is 0 Å². The number of hydrogen-bond donors (Lipinski definition) is 3. The number of carbonyl (C=O) groups excluding carboxylic acids is 1. The first-order chi connectivity index (χ1) is 7.91. The van der Waals surface area contributed by atoms with Crippen LogP contribution < -0.4 is 0 Å². The third-order valence-corrected chi connectivity index (χ3v) is 3.39. The van der Waals surface area contributed by atoms with Crippen molar-refractivity contribution in [3.8, 4) is 0 Å². The predicted molar refractivity (Wildman–Crippen MR) is 57.1 cm³/mol. The highest BCUT2D eigenvalue weighted by Crippen LogP contribution is 2.32. The van der Waals surface area contributed by atoms with Gasteiger partial charge in [0.05, 0.1) is 19.3 Å². The average molecular weight is 246 g/mol. The van der Waals surface area contributed by atoms with Crippen molar-refractivity contribution in [2.24, 2.45) is 11.3 Å². The monoisotopic (exact) mass is 246 g/mol. The molecule has 0 aromatic heterocycles. The van der Waals surface area contributed by atoms with Crippen LogP contribution in [-0.2, 0) is 14.3 Å². The first-order valence-electron chi connectivity index (χ1n) is 5.59. The fraction of sp³-hybridized carbons (Fsp3) is 0.818. The molecule has 98 valence electrons. The van der Waals surface area contributed by atoms with E-state index in [-0.39, 0.29) is 24.9 Å². The normalized spacial score (nSPS) is 26.5. The van der Waals surface area contributed by atoms with Gasteiger partial charge in [0.25, 0.3) is 0 Å². The van der Waals surface area contributed by atoms with Gasteiger partial charge in [-0.05, 0) is 25.7 Å². The Bertz CT molecular complexity index is 302. The summed E-state index contributed by atoms with van der Waals surface area (Å²) in [4.78, 5) is 22.1. The number of ether oxygens (including phenoxy) is 1. The van der Waals surface area contributed by atoms with E-state index in [1.54, 1.807) is 0 Å². The van der Waals surface area contributed by atoms with Crippen LogP contribution in [0.25, 0.3) is 0 Å². The van der Waals surface area contributed by atoms with E-state index in [0.29, 0.717) is 12.8 Å². The third-order valence-electron chi connectivity index (χ3n) is 3.39. The largest absolute Gasteiger partial charge is 0.481 e. The summed E-state index contributed by atoms with van der Waals surface area (Å²) >= 11 is 0. The second kappa shape index (κ2) is 5.46. The average Bonchev–Trinajstić information content (AvgIpc) is 2.51. The van der Waals surface area contributed by atoms with E-state index < -0.39 is 24.1 Å². The molecule has 0 aromatic carbocycles. The Morgan fingerprint density at radius 3 is 2.76 bits per heavy atom. The molecule has 6 nitrogen and oxygen atoms in total. The number of cyclic esters (lactones) is 1. The number of carbonyl (C=O) groups is 2. The Kier molecular flexibility index (Phi) is 4.47. The Labute approximate surface area is 99.2 Å². The maximum atomic E-state index is 11.1. The van der Waals surface area contributed by atoms with Gasteiger partial charge in [0, 0.05) is 6.42 Å². The molecule has 6 heteroatoms. The summed E-state index contributed by atoms with van der Waals surface area (Å²) in [5, 5.41) is 28.2. The second-order valence-corrected chi connectivity index (χ2v) is 4.63. The van der Waals surface area contributed by atoms with Crippen molar-refractivity contribution in [2.45, 2.75) is 32.3 Å². The Balaban J connectivity index is 2.76. The van der Waals surface area contributed by atoms with E-state index in [1.165, 1.54) is 6.92 Å². The maximum absolute atomic E-state index is 11.1. The quantitative estimate of drug-likeness (QED) is 0.592. The lowest BCUT2D eigenvalue weighted by molar-refractivity contribution is -0.162. The highest BCUT2D eigenvalue weighted by Gasteiger charge is 2.44. The third kappa shape index (κ3) is 2.95. The van der Waals surface area contributed by atoms with E-state index >= 15 is 0 Å². The van der Waals surface area contributed by atoms with Gasteiger partial charge in [-0.15, -0.1) is 0 Å². The van der Waals surface area contributed by atoms with Crippen LogP contribution in [0, 0.1) is 11.3 Å². The molecule has 1 aliphatic heterocycles. The maximum Gasteiger partial charge on any atom is 0.314 e. The second-order valence-electron chi connectivity index (χ2n) is 4.63. The zero-order valence-corrected chi connectivity index (χ0v) is 9.76. The smallest absolute Gasteiger partial charge is 0.314 e. The van der Waals surface area contributed by atoms with Crippen LogP contribution in [0.4, 0.5) is 0 Å². The first-order valence-corrected chi connectivity index (χ1v) is 5.59. The molecule has 0 radical (unpaired) electrons. The SMILES string of the molecule is CC(CO)(C(=O)O)C(O)C1CCOC(=O)CC1. The van der Waals surface area contributed by atoms with Gasteiger partial charge in [-0.25, -0.2) is 0 Å². The molecular formula is C11H18O6. The zero-order valence-electron chi connectivity index (χ0n) is 9.76. The van der Waals surface area contributed by atoms with Crippen molar-refractivity contribution in [1.82, 2.24) is 0 Å². The molecule has 0 aliphatic carbocycles. The predicted octanol–water partition coefficient (Wildman–Crippen LogP) is -0.226. The van der Waals surface area contributed by atoms with Gasteiger partial charge >= 0.3 is 11.9 Å². The van der Waals surface area contributed by atoms with Gasteiger partial charge in [-0.3, -0.25) is 9.59 Å². The van der Waals surface area contributed by atoms with E-state index in [1.807, 2.05) is 0 Å². The van der Waals surface area contributed by atoms with Crippen LogP contribution in [0.3, 0.4) is 0 Å². The minimum Gasteiger partial charge on any atom is -0.481 e. The van der Waals surface area contributed by atoms with Gasteiger partial charge < -0.3 is 20.1 Å². The van der Waals surface area contributed by atoms with Crippen molar-refractivity contribution in [2.75, 3.05) is 13.2 Å². The van der Waals surface area contributed by atoms with Gasteiger partial charge in [-0.2, -0.15) is 0 Å². The summed E-state index contributed by atoms with van der Waals surface area (Å²) in [6.45, 7) is 0.837. The molecule has 0 bridgehead atoms. The van der Waals surface area contributed by atoms with E-state index in [2.05, 4.69) is 0 Å². The molecule has 0 saturated carbocycles. The number of esters is 1. The molecule has 0 spiro atoms. The lowest BCUT2D eigenvalue weighted by atomic mass is 9.76.